The number of amides is 1. The van der Waals surface area contributed by atoms with Crippen molar-refractivity contribution in [3.05, 3.63) is 0 Å². The molecule has 17 heavy (non-hydrogen) atoms. The third-order valence-corrected chi connectivity index (χ3v) is 2.65. The summed E-state index contributed by atoms with van der Waals surface area (Å²) in [4.78, 5) is 22.9. The molecule has 1 heterocycles. The lowest BCUT2D eigenvalue weighted by molar-refractivity contribution is -0.148. The summed E-state index contributed by atoms with van der Waals surface area (Å²) in [5.74, 6) is -1.17. The molecule has 0 aliphatic carbocycles. The van der Waals surface area contributed by atoms with Gasteiger partial charge in [-0.15, -0.1) is 0 Å². The summed E-state index contributed by atoms with van der Waals surface area (Å²) in [6.07, 6.45) is 1.60. The van der Waals surface area contributed by atoms with E-state index in [0.29, 0.717) is 6.61 Å². The fourth-order valence-electron chi connectivity index (χ4n) is 1.76. The van der Waals surface area contributed by atoms with Crippen LogP contribution in [0.2, 0.25) is 0 Å². The maximum Gasteiger partial charge on any atom is 0.332 e. The molecule has 0 aromatic carbocycles. The van der Waals surface area contributed by atoms with Crippen molar-refractivity contribution < 1.29 is 19.1 Å². The molecule has 0 radical (unpaired) electrons. The Morgan fingerprint density at radius 3 is 2.88 bits per heavy atom. The summed E-state index contributed by atoms with van der Waals surface area (Å²) < 4.78 is 10.0. The second-order valence-electron chi connectivity index (χ2n) is 4.14. The Bertz CT molecular complexity index is 283. The van der Waals surface area contributed by atoms with Gasteiger partial charge >= 0.3 is 5.97 Å². The second-order valence-corrected chi connectivity index (χ2v) is 4.14. The Morgan fingerprint density at radius 1 is 1.59 bits per heavy atom. The lowest BCUT2D eigenvalue weighted by Crippen LogP contribution is -2.51. The van der Waals surface area contributed by atoms with E-state index in [2.05, 4.69) is 10.1 Å². The van der Waals surface area contributed by atoms with Crippen molar-refractivity contribution in [2.24, 2.45) is 5.73 Å². The Kier molecular flexibility index (Phi) is 5.37. The van der Waals surface area contributed by atoms with Gasteiger partial charge in [-0.3, -0.25) is 4.79 Å². The van der Waals surface area contributed by atoms with Crippen LogP contribution in [0.1, 0.15) is 26.7 Å². The number of hydrogen-bond acceptors (Lipinski definition) is 5. The molecule has 3 N–H and O–H groups in total. The van der Waals surface area contributed by atoms with Crippen LogP contribution >= 0.6 is 0 Å². The zero-order valence-corrected chi connectivity index (χ0v) is 10.3. The average molecular weight is 244 g/mol. The number of carbonyl (C=O) groups is 2. The maximum atomic E-state index is 11.7. The molecular formula is C11H20N2O4. The molecule has 6 nitrogen and oxygen atoms in total. The van der Waals surface area contributed by atoms with E-state index in [9.17, 15) is 9.59 Å². The number of rotatable bonds is 4. The molecule has 0 aromatic heterocycles. The number of carbonyl (C=O) groups excluding carboxylic acids is 2. The number of nitrogens with one attached hydrogen (secondary N) is 1. The zero-order valence-electron chi connectivity index (χ0n) is 10.3. The minimum absolute atomic E-state index is 0.0201. The first-order chi connectivity index (χ1) is 8.04. The van der Waals surface area contributed by atoms with Crippen molar-refractivity contribution >= 4 is 11.9 Å². The van der Waals surface area contributed by atoms with E-state index in [1.807, 2.05) is 6.92 Å². The fourth-order valence-corrected chi connectivity index (χ4v) is 1.76. The number of hydrogen-bond donors (Lipinski definition) is 2. The smallest absolute Gasteiger partial charge is 0.332 e. The lowest BCUT2D eigenvalue weighted by atomic mass is 10.0. The molecule has 3 atom stereocenters. The van der Waals surface area contributed by atoms with Gasteiger partial charge in [0.1, 0.15) is 0 Å². The third kappa shape index (κ3) is 4.32. The van der Waals surface area contributed by atoms with Crippen molar-refractivity contribution in [1.82, 2.24) is 5.32 Å². The van der Waals surface area contributed by atoms with Crippen LogP contribution in [0.3, 0.4) is 0 Å². The second kappa shape index (κ2) is 6.56. The van der Waals surface area contributed by atoms with Crippen LogP contribution < -0.4 is 11.1 Å². The molecule has 1 rings (SSSR count). The number of esters is 1. The minimum atomic E-state index is -1.24. The first-order valence-electron chi connectivity index (χ1n) is 5.88. The summed E-state index contributed by atoms with van der Waals surface area (Å²) >= 11 is 0. The first kappa shape index (κ1) is 13.9. The summed E-state index contributed by atoms with van der Waals surface area (Å²) in [7, 11) is 0. The number of nitrogens with two attached hydrogens (primary N) is 1. The largest absolute Gasteiger partial charge is 0.464 e. The van der Waals surface area contributed by atoms with Crippen LogP contribution in [-0.2, 0) is 19.1 Å². The SMILES string of the molecule is CCOC(=O)C(N)C(=O)NC1CCOC(C)C1. The van der Waals surface area contributed by atoms with Crippen LogP contribution in [0.25, 0.3) is 0 Å². The quantitative estimate of drug-likeness (QED) is 0.517. The molecule has 3 unspecified atom stereocenters. The Balaban J connectivity index is 2.39. The summed E-state index contributed by atoms with van der Waals surface area (Å²) in [6.45, 7) is 4.45. The van der Waals surface area contributed by atoms with Crippen LogP contribution in [0, 0.1) is 0 Å². The van der Waals surface area contributed by atoms with E-state index in [0.717, 1.165) is 12.8 Å². The molecule has 98 valence electrons. The molecule has 0 saturated carbocycles. The van der Waals surface area contributed by atoms with E-state index in [1.54, 1.807) is 6.92 Å². The van der Waals surface area contributed by atoms with E-state index in [-0.39, 0.29) is 18.8 Å². The Labute approximate surface area is 101 Å². The van der Waals surface area contributed by atoms with Crippen LogP contribution in [0.15, 0.2) is 0 Å². The Hall–Kier alpha value is -1.14. The average Bonchev–Trinajstić information content (AvgIpc) is 2.28. The maximum absolute atomic E-state index is 11.7. The van der Waals surface area contributed by atoms with Gasteiger partial charge in [0.25, 0.3) is 0 Å². The van der Waals surface area contributed by atoms with Crippen molar-refractivity contribution in [2.75, 3.05) is 13.2 Å². The van der Waals surface area contributed by atoms with Gasteiger partial charge in [0.15, 0.2) is 6.04 Å². The third-order valence-electron chi connectivity index (χ3n) is 2.65. The predicted molar refractivity (Wildman–Crippen MR) is 61.2 cm³/mol. The molecule has 1 fully saturated rings. The summed E-state index contributed by atoms with van der Waals surface area (Å²) in [6, 6.07) is -1.22. The molecule has 6 heteroatoms. The summed E-state index contributed by atoms with van der Waals surface area (Å²) in [5, 5.41) is 2.74. The number of ether oxygens (including phenoxy) is 2. The molecule has 1 saturated heterocycles. The lowest BCUT2D eigenvalue weighted by Gasteiger charge is -2.28. The van der Waals surface area contributed by atoms with Crippen LogP contribution in [-0.4, -0.2) is 43.3 Å². The van der Waals surface area contributed by atoms with Gasteiger partial charge in [0.2, 0.25) is 5.91 Å². The van der Waals surface area contributed by atoms with Gasteiger partial charge in [-0.25, -0.2) is 4.79 Å². The van der Waals surface area contributed by atoms with Crippen molar-refractivity contribution in [2.45, 2.75) is 44.9 Å². The topological polar surface area (TPSA) is 90.7 Å². The highest BCUT2D eigenvalue weighted by atomic mass is 16.5. The standard InChI is InChI=1S/C11H20N2O4/c1-3-16-11(15)9(12)10(14)13-8-4-5-17-7(2)6-8/h7-9H,3-6,12H2,1-2H3,(H,13,14). The molecular weight excluding hydrogens is 224 g/mol. The van der Waals surface area contributed by atoms with Gasteiger partial charge in [-0.1, -0.05) is 0 Å². The van der Waals surface area contributed by atoms with Gasteiger partial charge in [0.05, 0.1) is 12.7 Å². The van der Waals surface area contributed by atoms with E-state index in [1.165, 1.54) is 0 Å². The highest BCUT2D eigenvalue weighted by Crippen LogP contribution is 2.13. The van der Waals surface area contributed by atoms with E-state index in [4.69, 9.17) is 10.5 Å². The minimum Gasteiger partial charge on any atom is -0.464 e. The van der Waals surface area contributed by atoms with Crippen LogP contribution in [0.5, 0.6) is 0 Å². The highest BCUT2D eigenvalue weighted by molar-refractivity contribution is 6.01. The normalized spacial score (nSPS) is 26.1. The zero-order chi connectivity index (χ0) is 12.8. The Morgan fingerprint density at radius 2 is 2.29 bits per heavy atom. The summed E-state index contributed by atoms with van der Waals surface area (Å²) in [5.41, 5.74) is 5.48. The van der Waals surface area contributed by atoms with Crippen molar-refractivity contribution in [3.63, 3.8) is 0 Å². The molecule has 0 bridgehead atoms. The van der Waals surface area contributed by atoms with Crippen molar-refractivity contribution in [1.29, 1.82) is 0 Å². The van der Waals surface area contributed by atoms with E-state index >= 15 is 0 Å². The molecule has 0 aromatic rings. The van der Waals surface area contributed by atoms with Gasteiger partial charge in [-0.2, -0.15) is 0 Å². The predicted octanol–water partition coefficient (Wildman–Crippen LogP) is -0.439. The first-order valence-corrected chi connectivity index (χ1v) is 5.88. The van der Waals surface area contributed by atoms with Crippen LogP contribution in [0.4, 0.5) is 0 Å². The fraction of sp³-hybridized carbons (Fsp3) is 0.818. The monoisotopic (exact) mass is 244 g/mol. The van der Waals surface area contributed by atoms with Gasteiger partial charge < -0.3 is 20.5 Å². The van der Waals surface area contributed by atoms with E-state index < -0.39 is 17.9 Å². The molecule has 1 aliphatic rings. The van der Waals surface area contributed by atoms with Crippen molar-refractivity contribution in [3.8, 4) is 0 Å². The molecule has 1 amide bonds. The van der Waals surface area contributed by atoms with Gasteiger partial charge in [-0.05, 0) is 26.7 Å². The van der Waals surface area contributed by atoms with Gasteiger partial charge in [0, 0.05) is 12.6 Å². The highest BCUT2D eigenvalue weighted by Gasteiger charge is 2.27. The molecule has 0 spiro atoms. The molecule has 1 aliphatic heterocycles.